The summed E-state index contributed by atoms with van der Waals surface area (Å²) >= 11 is 0. The van der Waals surface area contributed by atoms with Gasteiger partial charge in [0.25, 0.3) is 5.91 Å². The third-order valence-corrected chi connectivity index (χ3v) is 5.31. The molecule has 0 radical (unpaired) electrons. The second-order valence-electron chi connectivity index (χ2n) is 6.98. The minimum absolute atomic E-state index is 0.0369. The molecule has 1 aliphatic rings. The van der Waals surface area contributed by atoms with Gasteiger partial charge in [0.2, 0.25) is 0 Å². The summed E-state index contributed by atoms with van der Waals surface area (Å²) in [7, 11) is 3.30. The lowest BCUT2D eigenvalue weighted by molar-refractivity contribution is 0.0639. The van der Waals surface area contributed by atoms with Crippen LogP contribution in [0.5, 0.6) is 11.5 Å². The monoisotopic (exact) mass is 407 g/mol. The van der Waals surface area contributed by atoms with Crippen LogP contribution >= 0.6 is 0 Å². The van der Waals surface area contributed by atoms with E-state index >= 15 is 0 Å². The van der Waals surface area contributed by atoms with E-state index in [0.717, 1.165) is 23.4 Å². The average Bonchev–Trinajstić information content (AvgIpc) is 3.23. The fraction of sp³-hybridized carbons (Fsp3) is 0.304. The Hall–Kier alpha value is -3.32. The fourth-order valence-corrected chi connectivity index (χ4v) is 3.84. The van der Waals surface area contributed by atoms with Gasteiger partial charge in [-0.1, -0.05) is 31.2 Å². The van der Waals surface area contributed by atoms with Crippen molar-refractivity contribution in [3.8, 4) is 17.2 Å². The van der Waals surface area contributed by atoms with Gasteiger partial charge in [0.05, 0.1) is 43.0 Å². The predicted molar refractivity (Wildman–Crippen MR) is 114 cm³/mol. The third kappa shape index (κ3) is 3.52. The molecule has 1 amide bonds. The molecule has 1 aliphatic heterocycles. The van der Waals surface area contributed by atoms with Crippen LogP contribution in [0.2, 0.25) is 0 Å². The summed E-state index contributed by atoms with van der Waals surface area (Å²) in [6.07, 6.45) is 2.97. The van der Waals surface area contributed by atoms with Gasteiger partial charge in [0, 0.05) is 19.1 Å². The maximum absolute atomic E-state index is 13.1. The smallest absolute Gasteiger partial charge is 0.259 e. The molecule has 2 aromatic carbocycles. The van der Waals surface area contributed by atoms with Crippen molar-refractivity contribution in [2.24, 2.45) is 0 Å². The lowest BCUT2D eigenvalue weighted by Crippen LogP contribution is -2.19. The predicted octanol–water partition coefficient (Wildman–Crippen LogP) is 4.17. The molecule has 0 bridgehead atoms. The highest BCUT2D eigenvalue weighted by Crippen LogP contribution is 2.39. The Morgan fingerprint density at radius 1 is 1.23 bits per heavy atom. The molecule has 156 valence electrons. The molecule has 4 rings (SSSR count). The first-order valence-electron chi connectivity index (χ1n) is 9.98. The van der Waals surface area contributed by atoms with Gasteiger partial charge in [-0.05, 0) is 24.6 Å². The molecular weight excluding hydrogens is 382 g/mol. The number of amides is 1. The first kappa shape index (κ1) is 20.0. The number of anilines is 1. The minimum atomic E-state index is -0.232. The molecule has 1 atom stereocenters. The maximum Gasteiger partial charge on any atom is 0.259 e. The molecule has 1 aromatic heterocycles. The molecule has 3 aromatic rings. The summed E-state index contributed by atoms with van der Waals surface area (Å²) in [6.45, 7) is 2.54. The number of hydrogen-bond donors (Lipinski definition) is 1. The third-order valence-electron chi connectivity index (χ3n) is 5.31. The molecule has 0 saturated heterocycles. The van der Waals surface area contributed by atoms with Crippen molar-refractivity contribution in [2.45, 2.75) is 25.9 Å². The van der Waals surface area contributed by atoms with Crippen LogP contribution in [-0.4, -0.2) is 36.5 Å². The van der Waals surface area contributed by atoms with Crippen LogP contribution in [0.4, 0.5) is 5.69 Å². The second-order valence-corrected chi connectivity index (χ2v) is 6.98. The Kier molecular flexibility index (Phi) is 5.72. The molecule has 0 fully saturated rings. The number of methoxy groups -OCH3 is 2. The van der Waals surface area contributed by atoms with Crippen molar-refractivity contribution in [3.05, 3.63) is 65.5 Å². The van der Waals surface area contributed by atoms with Gasteiger partial charge in [-0.3, -0.25) is 4.79 Å². The minimum Gasteiger partial charge on any atom is -0.494 e. The number of nitrogens with zero attached hydrogens (tertiary/aromatic N) is 2. The van der Waals surface area contributed by atoms with E-state index in [2.05, 4.69) is 10.4 Å². The Morgan fingerprint density at radius 3 is 2.83 bits per heavy atom. The van der Waals surface area contributed by atoms with E-state index in [9.17, 15) is 4.79 Å². The molecule has 2 heterocycles. The van der Waals surface area contributed by atoms with E-state index in [-0.39, 0.29) is 12.0 Å². The van der Waals surface area contributed by atoms with E-state index < -0.39 is 0 Å². The Morgan fingerprint density at radius 2 is 2.07 bits per heavy atom. The number of nitrogens with one attached hydrogen (secondary N) is 1. The van der Waals surface area contributed by atoms with Crippen LogP contribution in [0.3, 0.4) is 0 Å². The van der Waals surface area contributed by atoms with Gasteiger partial charge in [-0.25, -0.2) is 4.68 Å². The number of fused-ring (bicyclic) bond motifs is 1. The normalized spacial score (nSPS) is 15.2. The average molecular weight is 407 g/mol. The molecular formula is C23H25N3O4. The summed E-state index contributed by atoms with van der Waals surface area (Å²) in [5.74, 6) is 1.13. The summed E-state index contributed by atoms with van der Waals surface area (Å²) in [4.78, 5) is 13.1. The number of carbonyl (C=O) groups excluding carboxylic acids is 1. The second kappa shape index (κ2) is 8.59. The van der Waals surface area contributed by atoms with E-state index in [1.165, 1.54) is 0 Å². The summed E-state index contributed by atoms with van der Waals surface area (Å²) in [5.41, 5.74) is 3.69. The molecule has 0 saturated carbocycles. The zero-order chi connectivity index (χ0) is 21.1. The lowest BCUT2D eigenvalue weighted by atomic mass is 10.0. The van der Waals surface area contributed by atoms with Gasteiger partial charge in [0.1, 0.15) is 17.2 Å². The highest BCUT2D eigenvalue weighted by molar-refractivity contribution is 6.06. The Bertz CT molecular complexity index is 1060. The fourth-order valence-electron chi connectivity index (χ4n) is 3.84. The van der Waals surface area contributed by atoms with Crippen molar-refractivity contribution in [1.82, 2.24) is 9.78 Å². The van der Waals surface area contributed by atoms with E-state index in [4.69, 9.17) is 14.2 Å². The number of rotatable bonds is 6. The van der Waals surface area contributed by atoms with Crippen LogP contribution < -0.4 is 14.8 Å². The summed E-state index contributed by atoms with van der Waals surface area (Å²) in [6, 6.07) is 13.3. The molecule has 7 heteroatoms. The lowest BCUT2D eigenvalue weighted by Gasteiger charge is -2.26. The van der Waals surface area contributed by atoms with Crippen LogP contribution in [0.1, 0.15) is 41.1 Å². The first-order valence-corrected chi connectivity index (χ1v) is 9.98. The topological polar surface area (TPSA) is 74.6 Å². The van der Waals surface area contributed by atoms with Crippen molar-refractivity contribution >= 4 is 11.6 Å². The summed E-state index contributed by atoms with van der Waals surface area (Å²) in [5, 5.41) is 7.46. The molecule has 1 unspecified atom stereocenters. The van der Waals surface area contributed by atoms with Crippen LogP contribution in [0.25, 0.3) is 5.69 Å². The zero-order valence-electron chi connectivity index (χ0n) is 17.3. The number of aromatic nitrogens is 2. The zero-order valence-corrected chi connectivity index (χ0v) is 17.3. The maximum atomic E-state index is 13.1. The van der Waals surface area contributed by atoms with E-state index in [1.807, 2.05) is 49.4 Å². The molecule has 7 nitrogen and oxygen atoms in total. The van der Waals surface area contributed by atoms with Crippen molar-refractivity contribution < 1.29 is 19.0 Å². The molecule has 1 N–H and O–H groups in total. The molecule has 0 spiro atoms. The molecule has 0 aliphatic carbocycles. The number of benzene rings is 2. The standard InChI is InChI=1S/C23H25N3O4/c1-4-18-16(14-24-26(18)19-10-5-6-11-21(19)29-3)23(27)25-17-9-7-8-15-20(28-2)12-13-30-22(15)17/h5-11,14,20H,4,12-13H2,1-3H3,(H,25,27). The van der Waals surface area contributed by atoms with Gasteiger partial charge in [0.15, 0.2) is 0 Å². The van der Waals surface area contributed by atoms with Crippen LogP contribution in [0, 0.1) is 0 Å². The Labute approximate surface area is 175 Å². The van der Waals surface area contributed by atoms with E-state index in [1.54, 1.807) is 25.1 Å². The quantitative estimate of drug-likeness (QED) is 0.664. The summed E-state index contributed by atoms with van der Waals surface area (Å²) < 4.78 is 18.6. The number of ether oxygens (including phenoxy) is 3. The largest absolute Gasteiger partial charge is 0.494 e. The number of hydrogen-bond acceptors (Lipinski definition) is 5. The van der Waals surface area contributed by atoms with Gasteiger partial charge < -0.3 is 19.5 Å². The van der Waals surface area contributed by atoms with Gasteiger partial charge in [-0.2, -0.15) is 5.10 Å². The highest BCUT2D eigenvalue weighted by atomic mass is 16.5. The van der Waals surface area contributed by atoms with Crippen molar-refractivity contribution in [1.29, 1.82) is 0 Å². The first-order chi connectivity index (χ1) is 14.7. The van der Waals surface area contributed by atoms with Crippen LogP contribution in [0.15, 0.2) is 48.7 Å². The number of para-hydroxylation sites is 3. The highest BCUT2D eigenvalue weighted by Gasteiger charge is 2.25. The van der Waals surface area contributed by atoms with Gasteiger partial charge in [-0.15, -0.1) is 0 Å². The van der Waals surface area contributed by atoms with Crippen molar-refractivity contribution in [3.63, 3.8) is 0 Å². The van der Waals surface area contributed by atoms with Crippen LogP contribution in [-0.2, 0) is 11.2 Å². The number of carbonyl (C=O) groups is 1. The van der Waals surface area contributed by atoms with Crippen molar-refractivity contribution in [2.75, 3.05) is 26.1 Å². The molecule has 30 heavy (non-hydrogen) atoms. The van der Waals surface area contributed by atoms with Gasteiger partial charge >= 0.3 is 0 Å². The Balaban J connectivity index is 1.67. The SMILES string of the molecule is CCc1c(C(=O)Nc2cccc3c2OCCC3OC)cnn1-c1ccccc1OC. The van der Waals surface area contributed by atoms with E-state index in [0.29, 0.717) is 35.8 Å².